The molecular formula is C14H27N3O2. The highest BCUT2D eigenvalue weighted by Crippen LogP contribution is 2.09. The largest absolute Gasteiger partial charge is 0.347 e. The van der Waals surface area contributed by atoms with Crippen LogP contribution >= 0.6 is 0 Å². The van der Waals surface area contributed by atoms with Gasteiger partial charge in [-0.1, -0.05) is 26.7 Å². The van der Waals surface area contributed by atoms with Crippen molar-refractivity contribution >= 4 is 11.8 Å². The van der Waals surface area contributed by atoms with E-state index in [1.165, 1.54) is 0 Å². The van der Waals surface area contributed by atoms with Crippen LogP contribution in [0.2, 0.25) is 0 Å². The molecule has 2 amide bonds. The van der Waals surface area contributed by atoms with Crippen LogP contribution in [0.4, 0.5) is 0 Å². The van der Waals surface area contributed by atoms with Crippen molar-refractivity contribution in [3.63, 3.8) is 0 Å². The lowest BCUT2D eigenvalue weighted by molar-refractivity contribution is -0.145. The van der Waals surface area contributed by atoms with Crippen molar-refractivity contribution in [3.05, 3.63) is 0 Å². The standard InChI is InChI=1S/C14H27N3O2/c1-3-16(4-2)12-9-15-13(18)14(19)17-10-7-5-6-8-11-17/h3-12H2,1-2H3,(H,15,18). The Kier molecular flexibility index (Phi) is 7.48. The van der Waals surface area contributed by atoms with Crippen molar-refractivity contribution in [2.45, 2.75) is 39.5 Å². The first-order valence-corrected chi connectivity index (χ1v) is 7.48. The van der Waals surface area contributed by atoms with Gasteiger partial charge in [-0.3, -0.25) is 9.59 Å². The number of nitrogens with one attached hydrogen (secondary N) is 1. The number of carbonyl (C=O) groups is 2. The van der Waals surface area contributed by atoms with Crippen molar-refractivity contribution in [1.29, 1.82) is 0 Å². The molecule has 0 aromatic heterocycles. The monoisotopic (exact) mass is 269 g/mol. The lowest BCUT2D eigenvalue weighted by Crippen LogP contribution is -2.45. The first-order chi connectivity index (χ1) is 9.19. The summed E-state index contributed by atoms with van der Waals surface area (Å²) in [5.74, 6) is -0.810. The van der Waals surface area contributed by atoms with Gasteiger partial charge in [-0.25, -0.2) is 0 Å². The zero-order valence-electron chi connectivity index (χ0n) is 12.3. The summed E-state index contributed by atoms with van der Waals surface area (Å²) in [5, 5.41) is 2.73. The second kappa shape index (κ2) is 8.91. The molecule has 0 aliphatic carbocycles. The van der Waals surface area contributed by atoms with E-state index < -0.39 is 5.91 Å². The highest BCUT2D eigenvalue weighted by Gasteiger charge is 2.22. The number of rotatable bonds is 5. The number of hydrogen-bond donors (Lipinski definition) is 1. The predicted octanol–water partition coefficient (Wildman–Crippen LogP) is 0.847. The molecule has 1 heterocycles. The molecule has 1 aliphatic heterocycles. The molecule has 0 radical (unpaired) electrons. The van der Waals surface area contributed by atoms with E-state index in [9.17, 15) is 9.59 Å². The summed E-state index contributed by atoms with van der Waals surface area (Å²) >= 11 is 0. The highest BCUT2D eigenvalue weighted by atomic mass is 16.2. The van der Waals surface area contributed by atoms with Gasteiger partial charge < -0.3 is 15.1 Å². The second-order valence-corrected chi connectivity index (χ2v) is 4.99. The number of hydrogen-bond acceptors (Lipinski definition) is 3. The van der Waals surface area contributed by atoms with Crippen LogP contribution in [0.15, 0.2) is 0 Å². The highest BCUT2D eigenvalue weighted by molar-refractivity contribution is 6.35. The molecule has 1 N–H and O–H groups in total. The molecular weight excluding hydrogens is 242 g/mol. The van der Waals surface area contributed by atoms with Gasteiger partial charge in [0.1, 0.15) is 0 Å². The minimum Gasteiger partial charge on any atom is -0.347 e. The lowest BCUT2D eigenvalue weighted by atomic mass is 10.2. The summed E-state index contributed by atoms with van der Waals surface area (Å²) in [5.41, 5.74) is 0. The van der Waals surface area contributed by atoms with Crippen LogP contribution in [0, 0.1) is 0 Å². The maximum atomic E-state index is 12.0. The van der Waals surface area contributed by atoms with Crippen LogP contribution in [-0.2, 0) is 9.59 Å². The van der Waals surface area contributed by atoms with Gasteiger partial charge in [0.2, 0.25) is 0 Å². The van der Waals surface area contributed by atoms with E-state index in [1.807, 2.05) is 0 Å². The van der Waals surface area contributed by atoms with Crippen LogP contribution in [0.25, 0.3) is 0 Å². The van der Waals surface area contributed by atoms with E-state index in [-0.39, 0.29) is 5.91 Å². The minimum atomic E-state index is -0.450. The van der Waals surface area contributed by atoms with Gasteiger partial charge in [0.15, 0.2) is 0 Å². The predicted molar refractivity (Wildman–Crippen MR) is 75.8 cm³/mol. The summed E-state index contributed by atoms with van der Waals surface area (Å²) < 4.78 is 0. The molecule has 5 heteroatoms. The zero-order valence-corrected chi connectivity index (χ0v) is 12.3. The normalized spacial score (nSPS) is 16.3. The van der Waals surface area contributed by atoms with Crippen molar-refractivity contribution in [3.8, 4) is 0 Å². The molecule has 1 aliphatic rings. The van der Waals surface area contributed by atoms with Crippen LogP contribution < -0.4 is 5.32 Å². The minimum absolute atomic E-state index is 0.360. The quantitative estimate of drug-likeness (QED) is 0.753. The number of carbonyl (C=O) groups excluding carboxylic acids is 2. The van der Waals surface area contributed by atoms with Crippen molar-refractivity contribution < 1.29 is 9.59 Å². The Bertz CT molecular complexity index is 282. The number of amides is 2. The Labute approximate surface area is 116 Å². The molecule has 0 aromatic carbocycles. The van der Waals surface area contributed by atoms with Crippen LogP contribution in [-0.4, -0.2) is 60.9 Å². The molecule has 0 unspecified atom stereocenters. The summed E-state index contributed by atoms with van der Waals surface area (Å²) in [6.07, 6.45) is 4.34. The second-order valence-electron chi connectivity index (χ2n) is 4.99. The molecule has 1 saturated heterocycles. The third-order valence-corrected chi connectivity index (χ3v) is 3.70. The number of likely N-dealkylation sites (N-methyl/N-ethyl adjacent to an activating group) is 1. The molecule has 0 atom stereocenters. The maximum absolute atomic E-state index is 12.0. The van der Waals surface area contributed by atoms with E-state index >= 15 is 0 Å². The van der Waals surface area contributed by atoms with E-state index in [0.29, 0.717) is 6.54 Å². The first-order valence-electron chi connectivity index (χ1n) is 7.48. The molecule has 0 saturated carbocycles. The fourth-order valence-corrected chi connectivity index (χ4v) is 2.36. The SMILES string of the molecule is CCN(CC)CCNC(=O)C(=O)N1CCCCCC1. The van der Waals surface area contributed by atoms with Gasteiger partial charge in [-0.05, 0) is 25.9 Å². The van der Waals surface area contributed by atoms with Gasteiger partial charge in [-0.2, -0.15) is 0 Å². The van der Waals surface area contributed by atoms with E-state index in [1.54, 1.807) is 4.90 Å². The van der Waals surface area contributed by atoms with Crippen molar-refractivity contribution in [2.24, 2.45) is 0 Å². The molecule has 0 bridgehead atoms. The molecule has 0 spiro atoms. The number of nitrogens with zero attached hydrogens (tertiary/aromatic N) is 2. The summed E-state index contributed by atoms with van der Waals surface area (Å²) in [6, 6.07) is 0. The van der Waals surface area contributed by atoms with Gasteiger partial charge >= 0.3 is 11.8 Å². The molecule has 1 rings (SSSR count). The van der Waals surface area contributed by atoms with Crippen molar-refractivity contribution in [2.75, 3.05) is 39.3 Å². The summed E-state index contributed by atoms with van der Waals surface area (Å²) in [7, 11) is 0. The fourth-order valence-electron chi connectivity index (χ4n) is 2.36. The third-order valence-electron chi connectivity index (χ3n) is 3.70. The molecule has 110 valence electrons. The Balaban J connectivity index is 2.29. The first kappa shape index (κ1) is 16.0. The van der Waals surface area contributed by atoms with E-state index in [2.05, 4.69) is 24.1 Å². The average Bonchev–Trinajstić information content (AvgIpc) is 2.71. The lowest BCUT2D eigenvalue weighted by Gasteiger charge is -2.21. The summed E-state index contributed by atoms with van der Waals surface area (Å²) in [6.45, 7) is 8.90. The molecule has 0 aromatic rings. The Morgan fingerprint density at radius 1 is 1.05 bits per heavy atom. The van der Waals surface area contributed by atoms with Gasteiger partial charge in [0.25, 0.3) is 0 Å². The van der Waals surface area contributed by atoms with Crippen LogP contribution in [0.5, 0.6) is 0 Å². The van der Waals surface area contributed by atoms with Gasteiger partial charge in [0.05, 0.1) is 0 Å². The molecule has 19 heavy (non-hydrogen) atoms. The van der Waals surface area contributed by atoms with Gasteiger partial charge in [-0.15, -0.1) is 0 Å². The Hall–Kier alpha value is -1.10. The van der Waals surface area contributed by atoms with Crippen LogP contribution in [0.3, 0.4) is 0 Å². The van der Waals surface area contributed by atoms with Crippen molar-refractivity contribution in [1.82, 2.24) is 15.1 Å². The topological polar surface area (TPSA) is 52.7 Å². The van der Waals surface area contributed by atoms with E-state index in [0.717, 1.165) is 58.4 Å². The van der Waals surface area contributed by atoms with Gasteiger partial charge in [0, 0.05) is 26.2 Å². The average molecular weight is 269 g/mol. The molecule has 1 fully saturated rings. The van der Waals surface area contributed by atoms with Crippen LogP contribution in [0.1, 0.15) is 39.5 Å². The zero-order chi connectivity index (χ0) is 14.1. The smallest absolute Gasteiger partial charge is 0.311 e. The Morgan fingerprint density at radius 3 is 2.16 bits per heavy atom. The fraction of sp³-hybridized carbons (Fsp3) is 0.857. The maximum Gasteiger partial charge on any atom is 0.311 e. The number of likely N-dealkylation sites (tertiary alicyclic amines) is 1. The third kappa shape index (κ3) is 5.59. The van der Waals surface area contributed by atoms with E-state index in [4.69, 9.17) is 0 Å². The molecule has 5 nitrogen and oxygen atoms in total. The summed E-state index contributed by atoms with van der Waals surface area (Å²) in [4.78, 5) is 27.7. The Morgan fingerprint density at radius 2 is 1.63 bits per heavy atom.